The van der Waals surface area contributed by atoms with Crippen LogP contribution in [0.4, 0.5) is 5.82 Å². The minimum absolute atomic E-state index is 0.321. The van der Waals surface area contributed by atoms with Crippen LogP contribution in [0, 0.1) is 11.3 Å². The molecule has 3 rings (SSSR count). The molecule has 6 heteroatoms. The van der Waals surface area contributed by atoms with Crippen molar-refractivity contribution in [1.29, 1.82) is 5.26 Å². The first-order chi connectivity index (χ1) is 13.0. The van der Waals surface area contributed by atoms with Crippen LogP contribution in [-0.4, -0.2) is 16.6 Å². The highest BCUT2D eigenvalue weighted by Crippen LogP contribution is 2.18. The average Bonchev–Trinajstić information content (AvgIpc) is 2.69. The maximum absolute atomic E-state index is 12.8. The van der Waals surface area contributed by atoms with E-state index in [1.807, 2.05) is 54.4 Å². The Bertz CT molecular complexity index is 1090. The molecule has 0 saturated carbocycles. The second-order valence-corrected chi connectivity index (χ2v) is 6.45. The number of hydrogen-bond acceptors (Lipinski definition) is 4. The van der Waals surface area contributed by atoms with Gasteiger partial charge in [0, 0.05) is 27.1 Å². The SMILES string of the molecule is CN(Cc1ccccc1)c1[nH]c(=O)n(C)c(=O)c1Cc1ccc(C#N)cc1. The fraction of sp³-hybridized carbons (Fsp3) is 0.190. The summed E-state index contributed by atoms with van der Waals surface area (Å²) in [5.74, 6) is 0.510. The van der Waals surface area contributed by atoms with Gasteiger partial charge in [-0.15, -0.1) is 0 Å². The Morgan fingerprint density at radius 2 is 1.70 bits per heavy atom. The van der Waals surface area contributed by atoms with Gasteiger partial charge in [0.1, 0.15) is 5.82 Å². The summed E-state index contributed by atoms with van der Waals surface area (Å²) in [6.07, 6.45) is 0.365. The van der Waals surface area contributed by atoms with Gasteiger partial charge in [-0.25, -0.2) is 4.79 Å². The summed E-state index contributed by atoms with van der Waals surface area (Å²) in [5, 5.41) is 8.94. The van der Waals surface area contributed by atoms with Crippen LogP contribution in [0.1, 0.15) is 22.3 Å². The van der Waals surface area contributed by atoms with Crippen LogP contribution >= 0.6 is 0 Å². The van der Waals surface area contributed by atoms with E-state index in [2.05, 4.69) is 11.1 Å². The number of benzene rings is 2. The van der Waals surface area contributed by atoms with Gasteiger partial charge in [0.25, 0.3) is 5.56 Å². The zero-order chi connectivity index (χ0) is 19.4. The van der Waals surface area contributed by atoms with Crippen molar-refractivity contribution in [3.05, 3.63) is 97.7 Å². The van der Waals surface area contributed by atoms with Gasteiger partial charge in [0.2, 0.25) is 0 Å². The third kappa shape index (κ3) is 3.98. The van der Waals surface area contributed by atoms with E-state index in [1.165, 1.54) is 7.05 Å². The highest BCUT2D eigenvalue weighted by molar-refractivity contribution is 5.48. The lowest BCUT2D eigenvalue weighted by Crippen LogP contribution is -2.38. The first-order valence-corrected chi connectivity index (χ1v) is 8.56. The highest BCUT2D eigenvalue weighted by Gasteiger charge is 2.16. The third-order valence-electron chi connectivity index (χ3n) is 4.49. The van der Waals surface area contributed by atoms with Crippen molar-refractivity contribution in [1.82, 2.24) is 9.55 Å². The van der Waals surface area contributed by atoms with E-state index in [-0.39, 0.29) is 5.56 Å². The number of aromatic nitrogens is 2. The van der Waals surface area contributed by atoms with Gasteiger partial charge < -0.3 is 4.90 Å². The fourth-order valence-corrected chi connectivity index (χ4v) is 2.98. The normalized spacial score (nSPS) is 10.4. The van der Waals surface area contributed by atoms with Gasteiger partial charge in [-0.05, 0) is 23.3 Å². The predicted molar refractivity (Wildman–Crippen MR) is 105 cm³/mol. The van der Waals surface area contributed by atoms with Gasteiger partial charge in [-0.2, -0.15) is 5.26 Å². The number of rotatable bonds is 5. The molecule has 0 unspecified atom stereocenters. The number of nitriles is 1. The Morgan fingerprint density at radius 1 is 1.04 bits per heavy atom. The second kappa shape index (κ2) is 7.75. The topological polar surface area (TPSA) is 81.9 Å². The van der Waals surface area contributed by atoms with E-state index < -0.39 is 5.69 Å². The molecule has 136 valence electrons. The van der Waals surface area contributed by atoms with Gasteiger partial charge in [-0.3, -0.25) is 14.3 Å². The molecule has 0 aliphatic carbocycles. The summed E-state index contributed by atoms with van der Waals surface area (Å²) in [6, 6.07) is 19.0. The molecule has 3 aromatic rings. The lowest BCUT2D eigenvalue weighted by atomic mass is 10.0. The quantitative estimate of drug-likeness (QED) is 0.756. The summed E-state index contributed by atoms with van der Waals surface area (Å²) < 4.78 is 1.08. The number of aromatic amines is 1. The smallest absolute Gasteiger partial charge is 0.329 e. The highest BCUT2D eigenvalue weighted by atomic mass is 16.2. The molecular weight excluding hydrogens is 340 g/mol. The van der Waals surface area contributed by atoms with Gasteiger partial charge in [0.05, 0.1) is 17.2 Å². The van der Waals surface area contributed by atoms with E-state index >= 15 is 0 Å². The summed E-state index contributed by atoms with van der Waals surface area (Å²) in [6.45, 7) is 0.560. The standard InChI is InChI=1S/C21H20N4O2/c1-24(14-17-6-4-3-5-7-17)19-18(20(26)25(2)21(27)23-19)12-15-8-10-16(13-22)11-9-15/h3-11H,12,14H2,1-2H3,(H,23,27). The molecule has 0 radical (unpaired) electrons. The number of nitrogens with one attached hydrogen (secondary N) is 1. The van der Waals surface area contributed by atoms with Crippen molar-refractivity contribution in [3.8, 4) is 6.07 Å². The van der Waals surface area contributed by atoms with Crippen LogP contribution in [0.2, 0.25) is 0 Å². The van der Waals surface area contributed by atoms with Crippen molar-refractivity contribution < 1.29 is 0 Å². The van der Waals surface area contributed by atoms with Crippen LogP contribution in [0.15, 0.2) is 64.2 Å². The molecule has 27 heavy (non-hydrogen) atoms. The van der Waals surface area contributed by atoms with Crippen molar-refractivity contribution in [3.63, 3.8) is 0 Å². The number of hydrogen-bond donors (Lipinski definition) is 1. The molecular formula is C21H20N4O2. The van der Waals surface area contributed by atoms with Gasteiger partial charge >= 0.3 is 5.69 Å². The summed E-state index contributed by atoms with van der Waals surface area (Å²) in [7, 11) is 3.31. The predicted octanol–water partition coefficient (Wildman–Crippen LogP) is 2.17. The van der Waals surface area contributed by atoms with Crippen LogP contribution in [-0.2, 0) is 20.0 Å². The van der Waals surface area contributed by atoms with E-state index in [4.69, 9.17) is 5.26 Å². The average molecular weight is 360 g/mol. The molecule has 0 spiro atoms. The zero-order valence-corrected chi connectivity index (χ0v) is 15.3. The summed E-state index contributed by atoms with van der Waals surface area (Å²) >= 11 is 0. The molecule has 0 aliphatic heterocycles. The number of H-pyrrole nitrogens is 1. The Hall–Kier alpha value is -3.59. The van der Waals surface area contributed by atoms with E-state index in [0.29, 0.717) is 29.9 Å². The van der Waals surface area contributed by atoms with Crippen molar-refractivity contribution in [2.24, 2.45) is 7.05 Å². The summed E-state index contributed by atoms with van der Waals surface area (Å²) in [4.78, 5) is 29.6. The molecule has 6 nitrogen and oxygen atoms in total. The molecule has 1 N–H and O–H groups in total. The first-order valence-electron chi connectivity index (χ1n) is 8.56. The van der Waals surface area contributed by atoms with Gasteiger partial charge in [-0.1, -0.05) is 42.5 Å². The lowest BCUT2D eigenvalue weighted by Gasteiger charge is -2.22. The Labute approximate surface area is 156 Å². The fourth-order valence-electron chi connectivity index (χ4n) is 2.98. The molecule has 0 aliphatic rings. The molecule has 0 fully saturated rings. The Balaban J connectivity index is 2.01. The van der Waals surface area contributed by atoms with E-state index in [0.717, 1.165) is 15.7 Å². The molecule has 0 saturated heterocycles. The maximum atomic E-state index is 12.8. The van der Waals surface area contributed by atoms with E-state index in [9.17, 15) is 9.59 Å². The second-order valence-electron chi connectivity index (χ2n) is 6.45. The zero-order valence-electron chi connectivity index (χ0n) is 15.3. The number of nitrogens with zero attached hydrogens (tertiary/aromatic N) is 3. The molecule has 1 aromatic heterocycles. The number of anilines is 1. The first kappa shape index (κ1) is 18.2. The minimum atomic E-state index is -0.446. The van der Waals surface area contributed by atoms with Crippen molar-refractivity contribution in [2.75, 3.05) is 11.9 Å². The third-order valence-corrected chi connectivity index (χ3v) is 4.49. The Kier molecular flexibility index (Phi) is 5.23. The van der Waals surface area contributed by atoms with Gasteiger partial charge in [0.15, 0.2) is 0 Å². The van der Waals surface area contributed by atoms with Crippen LogP contribution in [0.3, 0.4) is 0 Å². The van der Waals surface area contributed by atoms with Crippen LogP contribution < -0.4 is 16.1 Å². The van der Waals surface area contributed by atoms with Crippen LogP contribution in [0.5, 0.6) is 0 Å². The molecule has 2 aromatic carbocycles. The van der Waals surface area contributed by atoms with Crippen molar-refractivity contribution >= 4 is 5.82 Å². The molecule has 0 bridgehead atoms. The maximum Gasteiger partial charge on any atom is 0.329 e. The van der Waals surface area contributed by atoms with E-state index in [1.54, 1.807) is 12.1 Å². The van der Waals surface area contributed by atoms with Crippen LogP contribution in [0.25, 0.3) is 0 Å². The monoisotopic (exact) mass is 360 g/mol. The Morgan fingerprint density at radius 3 is 2.33 bits per heavy atom. The largest absolute Gasteiger partial charge is 0.356 e. The lowest BCUT2D eigenvalue weighted by molar-refractivity contribution is 0.742. The minimum Gasteiger partial charge on any atom is -0.356 e. The molecule has 0 atom stereocenters. The summed E-state index contributed by atoms with van der Waals surface area (Å²) in [5.41, 5.74) is 2.28. The van der Waals surface area contributed by atoms with Crippen molar-refractivity contribution in [2.45, 2.75) is 13.0 Å². The molecule has 1 heterocycles. The molecule has 0 amide bonds.